The summed E-state index contributed by atoms with van der Waals surface area (Å²) in [5.41, 5.74) is 3.92. The normalized spacial score (nSPS) is 13.5. The topological polar surface area (TPSA) is 58.9 Å². The molecule has 1 heterocycles. The summed E-state index contributed by atoms with van der Waals surface area (Å²) < 4.78 is 26.2. The van der Waals surface area contributed by atoms with Gasteiger partial charge in [-0.1, -0.05) is 51.1 Å². The Morgan fingerprint density at radius 3 is 2.20 bits per heavy atom. The first-order valence-electron chi connectivity index (χ1n) is 14.7. The van der Waals surface area contributed by atoms with Crippen molar-refractivity contribution in [2.75, 3.05) is 20.8 Å². The molecule has 2 aromatic carbocycles. The second-order valence-electron chi connectivity index (χ2n) is 12.3. The highest BCUT2D eigenvalue weighted by atomic mass is 28.4. The Hall–Kier alpha value is -3.03. The Balaban J connectivity index is 2.06. The van der Waals surface area contributed by atoms with Gasteiger partial charge < -0.3 is 23.2 Å². The Bertz CT molecular complexity index is 1240. The molecule has 0 fully saturated rings. The summed E-state index contributed by atoms with van der Waals surface area (Å²) in [6, 6.07) is 16.7. The first-order chi connectivity index (χ1) is 19.4. The smallest absolute Gasteiger partial charge is 0.339 e. The summed E-state index contributed by atoms with van der Waals surface area (Å²) in [7, 11) is 1.20. The van der Waals surface area contributed by atoms with Gasteiger partial charge in [0.05, 0.1) is 32.5 Å². The zero-order valence-corrected chi connectivity index (χ0v) is 27.5. The third-order valence-corrected chi connectivity index (χ3v) is 12.8. The predicted molar refractivity (Wildman–Crippen MR) is 169 cm³/mol. The van der Waals surface area contributed by atoms with Crippen LogP contribution in [0.3, 0.4) is 0 Å². The molecule has 0 spiro atoms. The van der Waals surface area contributed by atoms with Crippen LogP contribution < -0.4 is 9.47 Å². The number of benzene rings is 2. The first kappa shape index (κ1) is 32.5. The summed E-state index contributed by atoms with van der Waals surface area (Å²) in [5, 5.41) is 0.0310. The minimum absolute atomic E-state index is 0.0310. The van der Waals surface area contributed by atoms with Gasteiger partial charge in [-0.05, 0) is 80.6 Å². The zero-order valence-electron chi connectivity index (χ0n) is 26.5. The van der Waals surface area contributed by atoms with E-state index in [9.17, 15) is 4.79 Å². The van der Waals surface area contributed by atoms with E-state index in [0.717, 1.165) is 41.9 Å². The third-order valence-electron chi connectivity index (χ3n) is 8.35. The van der Waals surface area contributed by atoms with Crippen LogP contribution >= 0.6 is 0 Å². The van der Waals surface area contributed by atoms with Crippen molar-refractivity contribution in [2.24, 2.45) is 5.92 Å². The van der Waals surface area contributed by atoms with Gasteiger partial charge in [0.15, 0.2) is 8.32 Å². The van der Waals surface area contributed by atoms with E-state index in [0.29, 0.717) is 18.7 Å². The molecule has 0 aliphatic carbocycles. The molecule has 0 aliphatic rings. The number of aromatic nitrogens is 1. The number of carbonyl (C=O) groups excluding carboxylic acids is 1. The van der Waals surface area contributed by atoms with E-state index in [1.165, 1.54) is 5.56 Å². The van der Waals surface area contributed by atoms with E-state index in [-0.39, 0.29) is 23.0 Å². The first-order valence-corrected chi connectivity index (χ1v) is 17.6. The molecule has 3 aromatic rings. The number of nitrogens with zero attached hydrogens (tertiary/aromatic N) is 1. The molecule has 2 atom stereocenters. The number of carbonyl (C=O) groups is 1. The average molecular weight is 580 g/mol. The molecule has 1 aromatic heterocycles. The van der Waals surface area contributed by atoms with E-state index >= 15 is 0 Å². The van der Waals surface area contributed by atoms with Crippen LogP contribution in [0.4, 0.5) is 0 Å². The number of hydrogen-bond donors (Lipinski definition) is 0. The standard InChI is InChI=1S/C34H49NO5Si/c1-10-39-33(36)28-19-20-35(24-28)23-27(18-14-17-26-15-12-11-13-16-26)32(40-41(8,9)34(3,4)5)29-21-30(37-6)25(2)31(22-29)38-7/h11-13,15-16,19-22,24,27,32H,10,14,17-18,23H2,1-9H3/t27-,32?/m1/s1. The second kappa shape index (κ2) is 14.2. The molecule has 0 amide bonds. The number of methoxy groups -OCH3 is 2. The highest BCUT2D eigenvalue weighted by Gasteiger charge is 2.41. The molecule has 0 radical (unpaired) electrons. The lowest BCUT2D eigenvalue weighted by Gasteiger charge is -2.42. The number of esters is 1. The third kappa shape index (κ3) is 8.49. The van der Waals surface area contributed by atoms with Gasteiger partial charge in [-0.15, -0.1) is 0 Å². The lowest BCUT2D eigenvalue weighted by atomic mass is 9.89. The fraction of sp³-hybridized carbons (Fsp3) is 0.500. The average Bonchev–Trinajstić information content (AvgIpc) is 3.40. The molecule has 0 aliphatic heterocycles. The zero-order chi connectivity index (χ0) is 30.2. The quantitative estimate of drug-likeness (QED) is 0.142. The summed E-state index contributed by atoms with van der Waals surface area (Å²) in [4.78, 5) is 12.4. The lowest BCUT2D eigenvalue weighted by molar-refractivity contribution is 0.0526. The van der Waals surface area contributed by atoms with Crippen molar-refractivity contribution in [3.8, 4) is 11.5 Å². The van der Waals surface area contributed by atoms with Gasteiger partial charge in [0.1, 0.15) is 11.5 Å². The molecule has 224 valence electrons. The fourth-order valence-electron chi connectivity index (χ4n) is 4.91. The Kier molecular flexibility index (Phi) is 11.3. The highest BCUT2D eigenvalue weighted by Crippen LogP contribution is 2.45. The number of aryl methyl sites for hydroxylation is 1. The van der Waals surface area contributed by atoms with Gasteiger partial charge in [0.2, 0.25) is 0 Å². The number of hydrogen-bond acceptors (Lipinski definition) is 5. The molecule has 41 heavy (non-hydrogen) atoms. The van der Waals surface area contributed by atoms with Gasteiger partial charge in [-0.25, -0.2) is 4.79 Å². The minimum atomic E-state index is -2.19. The van der Waals surface area contributed by atoms with Crippen molar-refractivity contribution in [2.45, 2.75) is 84.7 Å². The second-order valence-corrected chi connectivity index (χ2v) is 17.1. The van der Waals surface area contributed by atoms with E-state index in [1.54, 1.807) is 14.2 Å². The molecule has 0 bridgehead atoms. The van der Waals surface area contributed by atoms with Crippen LogP contribution in [-0.4, -0.2) is 39.7 Å². The molecule has 0 saturated heterocycles. The monoisotopic (exact) mass is 579 g/mol. The van der Waals surface area contributed by atoms with Crippen molar-refractivity contribution in [3.63, 3.8) is 0 Å². The van der Waals surface area contributed by atoms with Crippen molar-refractivity contribution >= 4 is 14.3 Å². The summed E-state index contributed by atoms with van der Waals surface area (Å²) in [6.07, 6.45) is 6.61. The van der Waals surface area contributed by atoms with Gasteiger partial charge in [-0.2, -0.15) is 0 Å². The molecular weight excluding hydrogens is 530 g/mol. The van der Waals surface area contributed by atoms with Crippen LogP contribution in [0.25, 0.3) is 0 Å². The van der Waals surface area contributed by atoms with Gasteiger partial charge in [0, 0.05) is 30.4 Å². The maximum absolute atomic E-state index is 12.4. The van der Waals surface area contributed by atoms with Crippen molar-refractivity contribution in [1.29, 1.82) is 0 Å². The SMILES string of the molecule is CCOC(=O)c1ccn(C[C@@H](CCCc2ccccc2)C(O[Si](C)(C)C(C)(C)C)c2cc(OC)c(C)c(OC)c2)c1. The van der Waals surface area contributed by atoms with E-state index in [2.05, 4.69) is 80.9 Å². The largest absolute Gasteiger partial charge is 0.496 e. The lowest BCUT2D eigenvalue weighted by Crippen LogP contribution is -2.43. The van der Waals surface area contributed by atoms with E-state index in [1.807, 2.05) is 32.3 Å². The van der Waals surface area contributed by atoms with Crippen LogP contribution in [0.1, 0.15) is 73.7 Å². The maximum Gasteiger partial charge on any atom is 0.339 e. The summed E-state index contributed by atoms with van der Waals surface area (Å²) in [5.74, 6) is 1.41. The molecule has 3 rings (SSSR count). The summed E-state index contributed by atoms with van der Waals surface area (Å²) >= 11 is 0. The molecule has 1 unspecified atom stereocenters. The highest BCUT2D eigenvalue weighted by molar-refractivity contribution is 6.74. The molecule has 0 N–H and O–H groups in total. The van der Waals surface area contributed by atoms with Crippen LogP contribution in [0.2, 0.25) is 18.1 Å². The van der Waals surface area contributed by atoms with Gasteiger partial charge >= 0.3 is 5.97 Å². The van der Waals surface area contributed by atoms with Crippen LogP contribution in [0.15, 0.2) is 60.9 Å². The van der Waals surface area contributed by atoms with E-state index in [4.69, 9.17) is 18.6 Å². The molecule has 7 heteroatoms. The maximum atomic E-state index is 12.4. The van der Waals surface area contributed by atoms with Gasteiger partial charge in [-0.3, -0.25) is 0 Å². The van der Waals surface area contributed by atoms with Crippen LogP contribution in [0, 0.1) is 12.8 Å². The Labute approximate surface area is 248 Å². The number of rotatable bonds is 14. The fourth-order valence-corrected chi connectivity index (χ4v) is 6.23. The van der Waals surface area contributed by atoms with Crippen molar-refractivity contribution in [1.82, 2.24) is 4.57 Å². The van der Waals surface area contributed by atoms with Crippen molar-refractivity contribution in [3.05, 3.63) is 83.2 Å². The van der Waals surface area contributed by atoms with E-state index < -0.39 is 8.32 Å². The van der Waals surface area contributed by atoms with Gasteiger partial charge in [0.25, 0.3) is 0 Å². The summed E-state index contributed by atoms with van der Waals surface area (Å²) in [6.45, 7) is 16.3. The molecule has 6 nitrogen and oxygen atoms in total. The minimum Gasteiger partial charge on any atom is -0.496 e. The Morgan fingerprint density at radius 1 is 1.00 bits per heavy atom. The van der Waals surface area contributed by atoms with Crippen molar-refractivity contribution < 1.29 is 23.4 Å². The number of ether oxygens (including phenoxy) is 3. The molecule has 0 saturated carbocycles. The van der Waals surface area contributed by atoms with Crippen LogP contribution in [0.5, 0.6) is 11.5 Å². The van der Waals surface area contributed by atoms with Crippen LogP contribution in [-0.2, 0) is 22.1 Å². The predicted octanol–water partition coefficient (Wildman–Crippen LogP) is 8.39. The Morgan fingerprint density at radius 2 is 1.63 bits per heavy atom. The molecular formula is C34H49NO5Si.